The largest absolute Gasteiger partial charge is 0.378 e. The number of aryl methyl sites for hydroxylation is 1. The van der Waals surface area contributed by atoms with E-state index in [4.69, 9.17) is 0 Å². The number of hydrazone groups is 1. The van der Waals surface area contributed by atoms with Gasteiger partial charge in [-0.15, -0.1) is 0 Å². The Balaban J connectivity index is 1.72. The molecule has 0 fully saturated rings. The van der Waals surface area contributed by atoms with Crippen molar-refractivity contribution in [2.45, 2.75) is 6.10 Å². The first-order valence-corrected chi connectivity index (χ1v) is 7.27. The van der Waals surface area contributed by atoms with E-state index in [2.05, 4.69) is 10.5 Å². The molecule has 0 radical (unpaired) electrons. The molecule has 1 heterocycles. The van der Waals surface area contributed by atoms with Crippen LogP contribution in [0.3, 0.4) is 0 Å². The predicted octanol–water partition coefficient (Wildman–Crippen LogP) is 2.36. The van der Waals surface area contributed by atoms with Crippen molar-refractivity contribution >= 4 is 23.0 Å². The molecule has 2 aromatic carbocycles. The summed E-state index contributed by atoms with van der Waals surface area (Å²) in [7, 11) is 1.96. The summed E-state index contributed by atoms with van der Waals surface area (Å²) >= 11 is 0. The molecule has 116 valence electrons. The molecule has 3 aromatic rings. The van der Waals surface area contributed by atoms with Crippen molar-refractivity contribution < 1.29 is 9.90 Å². The highest BCUT2D eigenvalue weighted by atomic mass is 16.3. The number of aliphatic hydroxyl groups excluding tert-OH is 1. The van der Waals surface area contributed by atoms with Gasteiger partial charge in [0.05, 0.1) is 6.21 Å². The number of aliphatic hydroxyl groups is 1. The summed E-state index contributed by atoms with van der Waals surface area (Å²) in [5.74, 6) is -0.562. The van der Waals surface area contributed by atoms with Crippen molar-refractivity contribution in [2.24, 2.45) is 12.1 Å². The molecule has 5 heteroatoms. The van der Waals surface area contributed by atoms with Crippen LogP contribution in [0.4, 0.5) is 0 Å². The van der Waals surface area contributed by atoms with E-state index in [1.807, 2.05) is 48.1 Å². The lowest BCUT2D eigenvalue weighted by atomic mass is 10.1. The van der Waals surface area contributed by atoms with Crippen molar-refractivity contribution in [3.8, 4) is 0 Å². The van der Waals surface area contributed by atoms with Crippen LogP contribution in [0.1, 0.15) is 17.2 Å². The van der Waals surface area contributed by atoms with Crippen LogP contribution in [0.15, 0.2) is 65.9 Å². The predicted molar refractivity (Wildman–Crippen MR) is 90.1 cm³/mol. The van der Waals surface area contributed by atoms with Crippen LogP contribution in [0, 0.1) is 0 Å². The summed E-state index contributed by atoms with van der Waals surface area (Å²) < 4.78 is 2.00. The third kappa shape index (κ3) is 3.14. The average Bonchev–Trinajstić information content (AvgIpc) is 2.91. The van der Waals surface area contributed by atoms with Crippen LogP contribution in [0.2, 0.25) is 0 Å². The van der Waals surface area contributed by atoms with Gasteiger partial charge >= 0.3 is 0 Å². The number of fused-ring (bicyclic) bond motifs is 1. The molecule has 1 amide bonds. The summed E-state index contributed by atoms with van der Waals surface area (Å²) in [5, 5.41) is 15.0. The fraction of sp³-hybridized carbons (Fsp3) is 0.111. The fourth-order valence-corrected chi connectivity index (χ4v) is 2.49. The molecule has 0 aliphatic heterocycles. The first-order valence-electron chi connectivity index (χ1n) is 7.27. The van der Waals surface area contributed by atoms with Gasteiger partial charge in [-0.3, -0.25) is 4.79 Å². The van der Waals surface area contributed by atoms with Gasteiger partial charge in [-0.2, -0.15) is 5.10 Å². The van der Waals surface area contributed by atoms with Crippen LogP contribution in [-0.4, -0.2) is 21.8 Å². The second-order valence-corrected chi connectivity index (χ2v) is 5.26. The van der Waals surface area contributed by atoms with Gasteiger partial charge in [0.2, 0.25) is 0 Å². The molecule has 1 unspecified atom stereocenters. The number of benzene rings is 2. The number of para-hydroxylation sites is 1. The fourth-order valence-electron chi connectivity index (χ4n) is 2.49. The molecular formula is C18H17N3O2. The summed E-state index contributed by atoms with van der Waals surface area (Å²) in [6, 6.07) is 16.7. The molecule has 1 aromatic heterocycles. The van der Waals surface area contributed by atoms with E-state index in [9.17, 15) is 9.90 Å². The third-order valence-corrected chi connectivity index (χ3v) is 3.67. The number of nitrogens with one attached hydrogen (secondary N) is 1. The highest BCUT2D eigenvalue weighted by Gasteiger charge is 2.16. The highest BCUT2D eigenvalue weighted by Crippen LogP contribution is 2.18. The number of nitrogens with zero attached hydrogens (tertiary/aromatic N) is 2. The summed E-state index contributed by atoms with van der Waals surface area (Å²) in [5.41, 5.74) is 4.90. The topological polar surface area (TPSA) is 66.6 Å². The van der Waals surface area contributed by atoms with Crippen molar-refractivity contribution in [1.82, 2.24) is 9.99 Å². The van der Waals surface area contributed by atoms with Gasteiger partial charge in [-0.05, 0) is 11.6 Å². The Bertz CT molecular complexity index is 853. The molecule has 0 saturated carbocycles. The minimum atomic E-state index is -1.24. The Hall–Kier alpha value is -2.92. The van der Waals surface area contributed by atoms with E-state index in [1.54, 1.807) is 30.5 Å². The maximum Gasteiger partial charge on any atom is 0.273 e. The smallest absolute Gasteiger partial charge is 0.273 e. The summed E-state index contributed by atoms with van der Waals surface area (Å²) in [6.07, 6.45) is 2.28. The number of carbonyl (C=O) groups is 1. The normalized spacial score (nSPS) is 12.6. The van der Waals surface area contributed by atoms with E-state index >= 15 is 0 Å². The van der Waals surface area contributed by atoms with Gasteiger partial charge in [0.15, 0.2) is 6.10 Å². The van der Waals surface area contributed by atoms with Gasteiger partial charge in [0.1, 0.15) is 0 Å². The highest BCUT2D eigenvalue weighted by molar-refractivity contribution is 5.99. The zero-order chi connectivity index (χ0) is 16.2. The van der Waals surface area contributed by atoms with Crippen LogP contribution < -0.4 is 5.43 Å². The van der Waals surface area contributed by atoms with Crippen molar-refractivity contribution in [1.29, 1.82) is 0 Å². The molecular weight excluding hydrogens is 290 g/mol. The average molecular weight is 307 g/mol. The van der Waals surface area contributed by atoms with Gasteiger partial charge in [-0.25, -0.2) is 5.43 Å². The Morgan fingerprint density at radius 3 is 2.65 bits per heavy atom. The molecule has 0 saturated heterocycles. The molecule has 0 aliphatic carbocycles. The maximum atomic E-state index is 11.9. The van der Waals surface area contributed by atoms with Crippen LogP contribution in [-0.2, 0) is 11.8 Å². The molecule has 0 aliphatic rings. The van der Waals surface area contributed by atoms with Crippen LogP contribution in [0.25, 0.3) is 10.9 Å². The standard InChI is InChI=1S/C18H17N3O2/c1-21-12-14(15-9-5-6-10-16(15)21)11-19-20-18(23)17(22)13-7-3-2-4-8-13/h2-12,17,22H,1H3,(H,20,23)/b19-11+. The van der Waals surface area contributed by atoms with E-state index in [1.165, 1.54) is 0 Å². The van der Waals surface area contributed by atoms with Crippen molar-refractivity contribution in [3.05, 3.63) is 71.9 Å². The van der Waals surface area contributed by atoms with Crippen molar-refractivity contribution in [3.63, 3.8) is 0 Å². The molecule has 2 N–H and O–H groups in total. The summed E-state index contributed by atoms with van der Waals surface area (Å²) in [6.45, 7) is 0. The number of aromatic nitrogens is 1. The maximum absolute atomic E-state index is 11.9. The number of hydrogen-bond donors (Lipinski definition) is 2. The van der Waals surface area contributed by atoms with E-state index in [0.717, 1.165) is 16.5 Å². The first-order chi connectivity index (χ1) is 11.2. The second-order valence-electron chi connectivity index (χ2n) is 5.26. The monoisotopic (exact) mass is 307 g/mol. The lowest BCUT2D eigenvalue weighted by molar-refractivity contribution is -0.129. The van der Waals surface area contributed by atoms with E-state index in [0.29, 0.717) is 5.56 Å². The molecule has 3 rings (SSSR count). The van der Waals surface area contributed by atoms with E-state index in [-0.39, 0.29) is 0 Å². The Morgan fingerprint density at radius 2 is 1.87 bits per heavy atom. The summed E-state index contributed by atoms with van der Waals surface area (Å²) in [4.78, 5) is 11.9. The minimum Gasteiger partial charge on any atom is -0.378 e. The Kier molecular flexibility index (Phi) is 4.21. The zero-order valence-electron chi connectivity index (χ0n) is 12.7. The van der Waals surface area contributed by atoms with Crippen LogP contribution >= 0.6 is 0 Å². The lowest BCUT2D eigenvalue weighted by Gasteiger charge is -2.08. The third-order valence-electron chi connectivity index (χ3n) is 3.67. The number of rotatable bonds is 4. The van der Waals surface area contributed by atoms with Gasteiger partial charge < -0.3 is 9.67 Å². The first kappa shape index (κ1) is 15.0. The number of hydrogen-bond acceptors (Lipinski definition) is 3. The molecule has 5 nitrogen and oxygen atoms in total. The van der Waals surface area contributed by atoms with Crippen molar-refractivity contribution in [2.75, 3.05) is 0 Å². The van der Waals surface area contributed by atoms with Gasteiger partial charge in [0, 0.05) is 29.7 Å². The lowest BCUT2D eigenvalue weighted by Crippen LogP contribution is -2.25. The molecule has 1 atom stereocenters. The Labute approximate surface area is 133 Å². The zero-order valence-corrected chi connectivity index (χ0v) is 12.7. The molecule has 23 heavy (non-hydrogen) atoms. The van der Waals surface area contributed by atoms with Gasteiger partial charge in [-0.1, -0.05) is 48.5 Å². The quantitative estimate of drug-likeness (QED) is 0.574. The SMILES string of the molecule is Cn1cc(/C=N/NC(=O)C(O)c2ccccc2)c2ccccc21. The van der Waals surface area contributed by atoms with E-state index < -0.39 is 12.0 Å². The molecule has 0 spiro atoms. The van der Waals surface area contributed by atoms with Crippen LogP contribution in [0.5, 0.6) is 0 Å². The van der Waals surface area contributed by atoms with Gasteiger partial charge in [0.25, 0.3) is 5.91 Å². The Morgan fingerprint density at radius 1 is 1.17 bits per heavy atom. The minimum absolute atomic E-state index is 0.533. The number of amides is 1. The number of carbonyl (C=O) groups excluding carboxylic acids is 1. The second kappa shape index (κ2) is 6.46. The molecule has 0 bridgehead atoms.